The summed E-state index contributed by atoms with van der Waals surface area (Å²) in [6, 6.07) is -1.02. The molecule has 0 aromatic heterocycles. The number of carbonyl (C=O) groups excluding carboxylic acids is 1. The van der Waals surface area contributed by atoms with Crippen LogP contribution in [0.15, 0.2) is 6.07 Å². The number of amides is 1. The van der Waals surface area contributed by atoms with E-state index >= 15 is 0 Å². The van der Waals surface area contributed by atoms with Gasteiger partial charge in [-0.05, 0) is 0 Å². The summed E-state index contributed by atoms with van der Waals surface area (Å²) in [4.78, 5) is 10.9. The molecule has 92 valence electrons. The number of cyclic esters (lactones) is 1. The lowest BCUT2D eigenvalue weighted by atomic mass is 10.0. The summed E-state index contributed by atoms with van der Waals surface area (Å²) >= 11 is 0. The Bertz CT molecular complexity index is 452. The van der Waals surface area contributed by atoms with Crippen LogP contribution in [0.1, 0.15) is 18.0 Å². The number of rotatable bonds is 1. The summed E-state index contributed by atoms with van der Waals surface area (Å²) in [7, 11) is 0. The van der Waals surface area contributed by atoms with Crippen LogP contribution in [-0.4, -0.2) is 12.7 Å². The summed E-state index contributed by atoms with van der Waals surface area (Å²) in [6.45, 7) is -0.0759. The fraction of sp³-hybridized carbons (Fsp3) is 0.300. The van der Waals surface area contributed by atoms with Crippen molar-refractivity contribution in [2.45, 2.75) is 12.5 Å². The highest BCUT2D eigenvalue weighted by atomic mass is 19.2. The molecular weight excluding hydrogens is 242 g/mol. The highest BCUT2D eigenvalue weighted by Crippen LogP contribution is 2.28. The molecule has 1 aliphatic rings. The van der Waals surface area contributed by atoms with E-state index in [0.717, 1.165) is 0 Å². The first kappa shape index (κ1) is 11.7. The topological polar surface area (TPSA) is 38.3 Å². The number of halogens is 4. The zero-order chi connectivity index (χ0) is 12.6. The van der Waals surface area contributed by atoms with E-state index in [1.165, 1.54) is 0 Å². The molecule has 0 spiro atoms. The van der Waals surface area contributed by atoms with E-state index < -0.39 is 41.0 Å². The van der Waals surface area contributed by atoms with Crippen molar-refractivity contribution in [1.29, 1.82) is 0 Å². The molecular formula is C10H7F4NO2. The number of alkyl carbamates (subject to hydrolysis) is 1. The fourth-order valence-electron chi connectivity index (χ4n) is 1.64. The van der Waals surface area contributed by atoms with Crippen LogP contribution < -0.4 is 5.32 Å². The van der Waals surface area contributed by atoms with Crippen LogP contribution in [0.3, 0.4) is 0 Å². The summed E-state index contributed by atoms with van der Waals surface area (Å²) in [5, 5.41) is 2.09. The average molecular weight is 249 g/mol. The largest absolute Gasteiger partial charge is 0.449 e. The predicted octanol–water partition coefficient (Wildman–Crippen LogP) is 2.41. The average Bonchev–Trinajstić information content (AvgIpc) is 2.27. The standard InChI is InChI=1S/C10H7F4NO2/c11-4-3-5(12)9(14)7(8(4)13)6-1-2-17-10(16)15-6/h3,6H,1-2H2,(H,15,16)/t6-/m1/s1. The van der Waals surface area contributed by atoms with Crippen molar-refractivity contribution in [1.82, 2.24) is 5.32 Å². The van der Waals surface area contributed by atoms with Crippen LogP contribution in [0.5, 0.6) is 0 Å². The SMILES string of the molecule is O=C1N[C@@H](c2c(F)c(F)cc(F)c2F)CCO1. The zero-order valence-electron chi connectivity index (χ0n) is 8.40. The van der Waals surface area contributed by atoms with Gasteiger partial charge in [-0.15, -0.1) is 0 Å². The van der Waals surface area contributed by atoms with Gasteiger partial charge < -0.3 is 10.1 Å². The van der Waals surface area contributed by atoms with E-state index in [9.17, 15) is 22.4 Å². The molecule has 1 N–H and O–H groups in total. The van der Waals surface area contributed by atoms with Gasteiger partial charge in [-0.25, -0.2) is 22.4 Å². The van der Waals surface area contributed by atoms with Crippen molar-refractivity contribution < 1.29 is 27.1 Å². The Balaban J connectivity index is 2.46. The first-order valence-corrected chi connectivity index (χ1v) is 4.77. The zero-order valence-corrected chi connectivity index (χ0v) is 8.40. The monoisotopic (exact) mass is 249 g/mol. The number of ether oxygens (including phenoxy) is 1. The smallest absolute Gasteiger partial charge is 0.407 e. The molecule has 1 aromatic carbocycles. The van der Waals surface area contributed by atoms with E-state index in [1.807, 2.05) is 0 Å². The van der Waals surface area contributed by atoms with Gasteiger partial charge in [-0.2, -0.15) is 0 Å². The minimum absolute atomic E-state index is 0.0302. The van der Waals surface area contributed by atoms with Crippen LogP contribution in [0, 0.1) is 23.3 Å². The summed E-state index contributed by atoms with van der Waals surface area (Å²) in [5.41, 5.74) is -0.820. The third-order valence-corrected chi connectivity index (χ3v) is 2.43. The van der Waals surface area contributed by atoms with Gasteiger partial charge in [0.15, 0.2) is 23.3 Å². The van der Waals surface area contributed by atoms with Crippen molar-refractivity contribution in [2.24, 2.45) is 0 Å². The maximum absolute atomic E-state index is 13.4. The van der Waals surface area contributed by atoms with Crippen LogP contribution in [0.2, 0.25) is 0 Å². The van der Waals surface area contributed by atoms with Crippen molar-refractivity contribution in [2.75, 3.05) is 6.61 Å². The molecule has 0 radical (unpaired) electrons. The van der Waals surface area contributed by atoms with Crippen LogP contribution in [-0.2, 0) is 4.74 Å². The molecule has 1 saturated heterocycles. The van der Waals surface area contributed by atoms with Gasteiger partial charge in [-0.1, -0.05) is 0 Å². The molecule has 7 heteroatoms. The van der Waals surface area contributed by atoms with Gasteiger partial charge in [0.05, 0.1) is 18.2 Å². The second-order valence-corrected chi connectivity index (χ2v) is 3.50. The molecule has 0 bridgehead atoms. The highest BCUT2D eigenvalue weighted by Gasteiger charge is 2.29. The van der Waals surface area contributed by atoms with Crippen molar-refractivity contribution in [3.63, 3.8) is 0 Å². The third kappa shape index (κ3) is 2.04. The van der Waals surface area contributed by atoms with E-state index in [2.05, 4.69) is 10.1 Å². The minimum atomic E-state index is -1.50. The molecule has 2 rings (SSSR count). The second-order valence-electron chi connectivity index (χ2n) is 3.50. The number of hydrogen-bond acceptors (Lipinski definition) is 2. The van der Waals surface area contributed by atoms with Gasteiger partial charge in [0, 0.05) is 12.5 Å². The van der Waals surface area contributed by atoms with E-state index in [4.69, 9.17) is 0 Å². The van der Waals surface area contributed by atoms with Gasteiger partial charge >= 0.3 is 6.09 Å². The second kappa shape index (κ2) is 4.23. The van der Waals surface area contributed by atoms with E-state index in [0.29, 0.717) is 0 Å². The number of carbonyl (C=O) groups is 1. The summed E-state index contributed by atoms with van der Waals surface area (Å²) in [6.07, 6.45) is -0.854. The van der Waals surface area contributed by atoms with Crippen LogP contribution >= 0.6 is 0 Å². The third-order valence-electron chi connectivity index (χ3n) is 2.43. The molecule has 17 heavy (non-hydrogen) atoms. The molecule has 1 aliphatic heterocycles. The van der Waals surface area contributed by atoms with Crippen molar-refractivity contribution in [3.05, 3.63) is 34.9 Å². The van der Waals surface area contributed by atoms with Gasteiger partial charge in [0.2, 0.25) is 0 Å². The minimum Gasteiger partial charge on any atom is -0.449 e. The van der Waals surface area contributed by atoms with Crippen LogP contribution in [0.4, 0.5) is 22.4 Å². The molecule has 0 aliphatic carbocycles. The predicted molar refractivity (Wildman–Crippen MR) is 48.1 cm³/mol. The Morgan fingerprint density at radius 3 is 2.29 bits per heavy atom. The Kier molecular flexibility index (Phi) is 2.91. The maximum Gasteiger partial charge on any atom is 0.407 e. The lowest BCUT2D eigenvalue weighted by Crippen LogP contribution is -2.36. The lowest BCUT2D eigenvalue weighted by molar-refractivity contribution is 0.114. The number of benzene rings is 1. The Morgan fingerprint density at radius 2 is 1.76 bits per heavy atom. The maximum atomic E-state index is 13.4. The Morgan fingerprint density at radius 1 is 1.18 bits per heavy atom. The number of hydrogen-bond donors (Lipinski definition) is 1. The normalized spacial score (nSPS) is 19.8. The lowest BCUT2D eigenvalue weighted by Gasteiger charge is -2.24. The van der Waals surface area contributed by atoms with E-state index in [1.54, 1.807) is 0 Å². The molecule has 1 aromatic rings. The van der Waals surface area contributed by atoms with Crippen LogP contribution in [0.25, 0.3) is 0 Å². The first-order valence-electron chi connectivity index (χ1n) is 4.77. The fourth-order valence-corrected chi connectivity index (χ4v) is 1.64. The van der Waals surface area contributed by atoms with Gasteiger partial charge in [0.25, 0.3) is 0 Å². The summed E-state index contributed by atoms with van der Waals surface area (Å²) < 4.78 is 57.1. The number of nitrogens with one attached hydrogen (secondary N) is 1. The summed E-state index contributed by atoms with van der Waals surface area (Å²) in [5.74, 6) is -6.01. The molecule has 1 heterocycles. The Hall–Kier alpha value is -1.79. The van der Waals surface area contributed by atoms with Crippen molar-refractivity contribution in [3.8, 4) is 0 Å². The van der Waals surface area contributed by atoms with Gasteiger partial charge in [0.1, 0.15) is 0 Å². The molecule has 0 saturated carbocycles. The first-order chi connectivity index (χ1) is 8.00. The van der Waals surface area contributed by atoms with Gasteiger partial charge in [-0.3, -0.25) is 0 Å². The molecule has 1 fully saturated rings. The van der Waals surface area contributed by atoms with E-state index in [-0.39, 0.29) is 19.1 Å². The highest BCUT2D eigenvalue weighted by molar-refractivity contribution is 5.68. The molecule has 0 unspecified atom stereocenters. The molecule has 3 nitrogen and oxygen atoms in total. The Labute approximate surface area is 93.4 Å². The molecule has 1 atom stereocenters. The quantitative estimate of drug-likeness (QED) is 0.613. The van der Waals surface area contributed by atoms with Crippen molar-refractivity contribution >= 4 is 6.09 Å². The molecule has 1 amide bonds.